The molecule has 1 aromatic carbocycles. The van der Waals surface area contributed by atoms with Gasteiger partial charge in [0.1, 0.15) is 11.5 Å². The van der Waals surface area contributed by atoms with Crippen molar-refractivity contribution in [1.82, 2.24) is 25.3 Å². The molecule has 7 rings (SSSR count). The zero-order valence-electron chi connectivity index (χ0n) is 21.1. The molecule has 8 nitrogen and oxygen atoms in total. The van der Waals surface area contributed by atoms with Crippen molar-refractivity contribution >= 4 is 56.8 Å². The average Bonchev–Trinajstić information content (AvgIpc) is 3.53. The maximum Gasteiger partial charge on any atom is 0.196 e. The van der Waals surface area contributed by atoms with Crippen LogP contribution in [0.25, 0.3) is 21.9 Å². The van der Waals surface area contributed by atoms with Crippen LogP contribution in [0.2, 0.25) is 5.02 Å². The van der Waals surface area contributed by atoms with Crippen LogP contribution >= 0.6 is 23.4 Å². The number of nitrogens with one attached hydrogen (secondary N) is 2. The van der Waals surface area contributed by atoms with Gasteiger partial charge in [0.15, 0.2) is 5.16 Å². The van der Waals surface area contributed by atoms with E-state index in [9.17, 15) is 0 Å². The van der Waals surface area contributed by atoms with Gasteiger partial charge >= 0.3 is 0 Å². The smallest absolute Gasteiger partial charge is 0.196 e. The molecule has 4 N–H and O–H groups in total. The fraction of sp³-hybridized carbons (Fsp3) is 0.444. The average molecular weight is 535 g/mol. The Morgan fingerprint density at radius 2 is 2.03 bits per heavy atom. The van der Waals surface area contributed by atoms with Crippen molar-refractivity contribution in [1.29, 1.82) is 0 Å². The van der Waals surface area contributed by atoms with E-state index in [4.69, 9.17) is 32.3 Å². The maximum atomic E-state index is 6.77. The Hall–Kier alpha value is -2.59. The van der Waals surface area contributed by atoms with Gasteiger partial charge in [0, 0.05) is 78.1 Å². The van der Waals surface area contributed by atoms with E-state index in [1.807, 2.05) is 0 Å². The Morgan fingerprint density at radius 1 is 1.14 bits per heavy atom. The van der Waals surface area contributed by atoms with Crippen molar-refractivity contribution < 1.29 is 0 Å². The number of fused-ring (bicyclic) bond motifs is 3. The standard InChI is InChI=1S/C27H31ClN8S/c1-3-19-24(28)23-25(32-19)33-27(34-26(23)35-7-6-16(29)12-35)37-17-4-5-18-20(9-17)31-14(2)8-22(18)36-11-15-10-30-21(15)13-36/h4-5,8-9,15-16,21,30H,3,6-7,10-13,29H2,1-2H3,(H,32,33,34)/t15?,16-,21?/m0/s1. The first-order valence-electron chi connectivity index (χ1n) is 13.1. The number of rotatable bonds is 5. The van der Waals surface area contributed by atoms with Gasteiger partial charge in [-0.1, -0.05) is 18.5 Å². The minimum atomic E-state index is 0.148. The van der Waals surface area contributed by atoms with E-state index in [1.54, 1.807) is 11.8 Å². The largest absolute Gasteiger partial charge is 0.369 e. The minimum Gasteiger partial charge on any atom is -0.369 e. The Bertz CT molecular complexity index is 1510. The van der Waals surface area contributed by atoms with Crippen molar-refractivity contribution in [2.24, 2.45) is 11.7 Å². The van der Waals surface area contributed by atoms with Gasteiger partial charge in [-0.2, -0.15) is 0 Å². The number of pyridine rings is 1. The van der Waals surface area contributed by atoms with Crippen LogP contribution in [-0.2, 0) is 6.42 Å². The summed E-state index contributed by atoms with van der Waals surface area (Å²) in [6.45, 7) is 9.12. The van der Waals surface area contributed by atoms with Crippen molar-refractivity contribution in [3.63, 3.8) is 0 Å². The van der Waals surface area contributed by atoms with Crippen LogP contribution in [0.5, 0.6) is 0 Å². The van der Waals surface area contributed by atoms with E-state index in [2.05, 4.69) is 58.2 Å². The molecule has 3 aromatic heterocycles. The van der Waals surface area contributed by atoms with Gasteiger partial charge in [0.25, 0.3) is 0 Å². The summed E-state index contributed by atoms with van der Waals surface area (Å²) in [6.07, 6.45) is 1.76. The van der Waals surface area contributed by atoms with Crippen LogP contribution in [0.15, 0.2) is 34.3 Å². The molecule has 192 valence electrons. The number of nitrogens with two attached hydrogens (primary N) is 1. The molecule has 2 unspecified atom stereocenters. The highest BCUT2D eigenvalue weighted by Crippen LogP contribution is 2.39. The minimum absolute atomic E-state index is 0.148. The summed E-state index contributed by atoms with van der Waals surface area (Å²) < 4.78 is 0. The first-order valence-corrected chi connectivity index (χ1v) is 14.3. The maximum absolute atomic E-state index is 6.77. The summed E-state index contributed by atoms with van der Waals surface area (Å²) in [7, 11) is 0. The second-order valence-corrected chi connectivity index (χ2v) is 12.0. The lowest BCUT2D eigenvalue weighted by Gasteiger charge is -2.29. The highest BCUT2D eigenvalue weighted by molar-refractivity contribution is 7.99. The molecule has 3 aliphatic heterocycles. The van der Waals surface area contributed by atoms with Crippen LogP contribution in [-0.4, -0.2) is 64.7 Å². The number of aromatic amines is 1. The van der Waals surface area contributed by atoms with Crippen molar-refractivity contribution in [3.05, 3.63) is 40.7 Å². The van der Waals surface area contributed by atoms with E-state index in [1.165, 1.54) is 11.1 Å². The van der Waals surface area contributed by atoms with Crippen molar-refractivity contribution in [2.75, 3.05) is 42.5 Å². The van der Waals surface area contributed by atoms with Crippen molar-refractivity contribution in [2.45, 2.75) is 48.8 Å². The first-order chi connectivity index (χ1) is 18.0. The predicted octanol–water partition coefficient (Wildman–Crippen LogP) is 4.13. The SMILES string of the molecule is CCc1[nH]c2nc(Sc3ccc4c(N5CC6CNC6C5)cc(C)nc4c3)nc(N3CC[C@H](N)C3)c2c1Cl. The van der Waals surface area contributed by atoms with Gasteiger partial charge in [-0.05, 0) is 55.8 Å². The molecule has 10 heteroatoms. The number of hydrogen-bond donors (Lipinski definition) is 3. The molecule has 0 radical (unpaired) electrons. The molecule has 3 saturated heterocycles. The van der Waals surface area contributed by atoms with Gasteiger partial charge < -0.3 is 25.8 Å². The van der Waals surface area contributed by atoms with Gasteiger partial charge in [-0.3, -0.25) is 4.98 Å². The summed E-state index contributed by atoms with van der Waals surface area (Å²) in [6, 6.07) is 9.53. The van der Waals surface area contributed by atoms with E-state index in [0.717, 1.165) is 90.1 Å². The molecule has 4 aromatic rings. The second kappa shape index (κ2) is 9.01. The first kappa shape index (κ1) is 23.5. The summed E-state index contributed by atoms with van der Waals surface area (Å²) in [5, 5.41) is 7.06. The lowest BCUT2D eigenvalue weighted by Crippen LogP contribution is -2.51. The molecule has 3 fully saturated rings. The molecule has 0 amide bonds. The predicted molar refractivity (Wildman–Crippen MR) is 151 cm³/mol. The quantitative estimate of drug-likeness (QED) is 0.329. The molecule has 37 heavy (non-hydrogen) atoms. The Labute approximate surface area is 225 Å². The van der Waals surface area contributed by atoms with Crippen LogP contribution < -0.4 is 20.9 Å². The molecule has 0 spiro atoms. The monoisotopic (exact) mass is 534 g/mol. The zero-order chi connectivity index (χ0) is 25.3. The van der Waals surface area contributed by atoms with E-state index >= 15 is 0 Å². The number of H-pyrrole nitrogens is 1. The number of benzene rings is 1. The Kier molecular flexibility index (Phi) is 5.73. The van der Waals surface area contributed by atoms with Gasteiger partial charge in [0.05, 0.1) is 15.9 Å². The third kappa shape index (κ3) is 4.03. The molecule has 0 saturated carbocycles. The van der Waals surface area contributed by atoms with Gasteiger partial charge in [0.2, 0.25) is 0 Å². The molecular formula is C27H31ClN8S. The number of halogens is 1. The Balaban J connectivity index is 1.26. The summed E-state index contributed by atoms with van der Waals surface area (Å²) in [5.41, 5.74) is 11.3. The summed E-state index contributed by atoms with van der Waals surface area (Å²) in [4.78, 5) is 24.0. The summed E-state index contributed by atoms with van der Waals surface area (Å²) in [5.74, 6) is 1.63. The molecule has 6 heterocycles. The third-order valence-corrected chi connectivity index (χ3v) is 9.29. The van der Waals surface area contributed by atoms with Crippen LogP contribution in [0.4, 0.5) is 11.5 Å². The summed E-state index contributed by atoms with van der Waals surface area (Å²) >= 11 is 8.33. The third-order valence-electron chi connectivity index (χ3n) is 8.02. The molecule has 0 bridgehead atoms. The number of hydrogen-bond acceptors (Lipinski definition) is 8. The highest BCUT2D eigenvalue weighted by Gasteiger charge is 2.39. The number of anilines is 2. The van der Waals surface area contributed by atoms with Gasteiger partial charge in [-0.25, -0.2) is 9.97 Å². The van der Waals surface area contributed by atoms with Crippen LogP contribution in [0.3, 0.4) is 0 Å². The van der Waals surface area contributed by atoms with E-state index in [0.29, 0.717) is 16.2 Å². The molecular weight excluding hydrogens is 504 g/mol. The fourth-order valence-corrected chi connectivity index (χ4v) is 7.11. The van der Waals surface area contributed by atoms with Gasteiger partial charge in [-0.15, -0.1) is 0 Å². The highest BCUT2D eigenvalue weighted by atomic mass is 35.5. The van der Waals surface area contributed by atoms with Crippen molar-refractivity contribution in [3.8, 4) is 0 Å². The van der Waals surface area contributed by atoms with Crippen LogP contribution in [0, 0.1) is 12.8 Å². The lowest BCUT2D eigenvalue weighted by molar-refractivity contribution is 0.297. The normalized spacial score (nSPS) is 23.3. The van der Waals surface area contributed by atoms with E-state index < -0.39 is 0 Å². The zero-order valence-corrected chi connectivity index (χ0v) is 22.7. The number of aryl methyl sites for hydroxylation is 2. The molecule has 3 atom stereocenters. The molecule has 0 aliphatic carbocycles. The topological polar surface area (TPSA) is 99.0 Å². The number of aromatic nitrogens is 4. The fourth-order valence-electron chi connectivity index (χ4n) is 5.97. The lowest BCUT2D eigenvalue weighted by atomic mass is 9.96. The van der Waals surface area contributed by atoms with Crippen LogP contribution in [0.1, 0.15) is 24.7 Å². The molecule has 3 aliphatic rings. The van der Waals surface area contributed by atoms with E-state index in [-0.39, 0.29) is 6.04 Å². The Morgan fingerprint density at radius 3 is 2.73 bits per heavy atom. The number of nitrogens with zero attached hydrogens (tertiary/aromatic N) is 5. The second-order valence-electron chi connectivity index (χ2n) is 10.6.